The van der Waals surface area contributed by atoms with Crippen molar-refractivity contribution in [1.29, 1.82) is 0 Å². The Hall–Kier alpha value is -2.42. The molecule has 0 aliphatic carbocycles. The van der Waals surface area contributed by atoms with Crippen LogP contribution in [0, 0.1) is 0 Å². The van der Waals surface area contributed by atoms with E-state index >= 15 is 0 Å². The molecule has 1 rings (SSSR count). The zero-order valence-electron chi connectivity index (χ0n) is 17.4. The van der Waals surface area contributed by atoms with Gasteiger partial charge < -0.3 is 23.7 Å². The Morgan fingerprint density at radius 2 is 1.48 bits per heavy atom. The molecule has 0 saturated carbocycles. The Morgan fingerprint density at radius 3 is 2.03 bits per heavy atom. The highest BCUT2D eigenvalue weighted by atomic mass is 16.6. The van der Waals surface area contributed by atoms with Gasteiger partial charge in [0, 0.05) is 47.0 Å². The van der Waals surface area contributed by atoms with Crippen LogP contribution in [0.4, 0.5) is 0 Å². The van der Waals surface area contributed by atoms with Gasteiger partial charge >= 0.3 is 23.9 Å². The third-order valence-electron chi connectivity index (χ3n) is 4.20. The number of ether oxygens (including phenoxy) is 5. The fraction of sp³-hybridized carbons (Fsp3) is 0.700. The van der Waals surface area contributed by atoms with Crippen LogP contribution in [0.2, 0.25) is 0 Å². The van der Waals surface area contributed by atoms with Gasteiger partial charge in [-0.25, -0.2) is 0 Å². The van der Waals surface area contributed by atoms with Gasteiger partial charge in [-0.2, -0.15) is 0 Å². The smallest absolute Gasteiger partial charge is 0.303 e. The van der Waals surface area contributed by atoms with Crippen molar-refractivity contribution < 1.29 is 42.9 Å². The summed E-state index contributed by atoms with van der Waals surface area (Å²) in [7, 11) is 0. The van der Waals surface area contributed by atoms with Crippen LogP contribution in [0.25, 0.3) is 0 Å². The van der Waals surface area contributed by atoms with Crippen molar-refractivity contribution in [2.75, 3.05) is 13.2 Å². The molecule has 1 saturated heterocycles. The number of rotatable bonds is 10. The Kier molecular flexibility index (Phi) is 10.4. The first kappa shape index (κ1) is 24.6. The van der Waals surface area contributed by atoms with Crippen molar-refractivity contribution in [2.24, 2.45) is 0 Å². The predicted octanol–water partition coefficient (Wildman–Crippen LogP) is 1.86. The highest BCUT2D eigenvalue weighted by molar-refractivity contribution is 5.67. The molecular weight excluding hydrogens is 384 g/mol. The molecule has 4 atom stereocenters. The zero-order valence-corrected chi connectivity index (χ0v) is 17.4. The van der Waals surface area contributed by atoms with Crippen molar-refractivity contribution in [3.63, 3.8) is 0 Å². The molecule has 1 fully saturated rings. The third kappa shape index (κ3) is 10.1. The van der Waals surface area contributed by atoms with Crippen LogP contribution >= 0.6 is 0 Å². The third-order valence-corrected chi connectivity index (χ3v) is 4.20. The number of hydrogen-bond acceptors (Lipinski definition) is 9. The van der Waals surface area contributed by atoms with Crippen LogP contribution in [0.1, 0.15) is 53.4 Å². The minimum Gasteiger partial charge on any atom is -0.466 e. The van der Waals surface area contributed by atoms with Crippen LogP contribution in [-0.4, -0.2) is 61.5 Å². The van der Waals surface area contributed by atoms with Crippen molar-refractivity contribution in [1.82, 2.24) is 0 Å². The monoisotopic (exact) mass is 414 g/mol. The van der Waals surface area contributed by atoms with E-state index in [1.54, 1.807) is 0 Å². The number of hydrogen-bond donors (Lipinski definition) is 0. The average Bonchev–Trinajstić information content (AvgIpc) is 2.56. The Morgan fingerprint density at radius 1 is 0.897 bits per heavy atom. The van der Waals surface area contributed by atoms with Gasteiger partial charge in [0.05, 0.1) is 19.3 Å². The molecule has 1 aliphatic rings. The second-order valence-electron chi connectivity index (χ2n) is 6.93. The molecule has 0 amide bonds. The maximum absolute atomic E-state index is 11.5. The van der Waals surface area contributed by atoms with E-state index in [9.17, 15) is 19.2 Å². The molecule has 0 N–H and O–H groups in total. The summed E-state index contributed by atoms with van der Waals surface area (Å²) in [5.74, 6) is -1.83. The molecule has 0 spiro atoms. The van der Waals surface area contributed by atoms with E-state index in [0.717, 1.165) is 5.57 Å². The quantitative estimate of drug-likeness (QED) is 0.300. The van der Waals surface area contributed by atoms with Crippen LogP contribution in [0.15, 0.2) is 12.2 Å². The summed E-state index contributed by atoms with van der Waals surface area (Å²) in [6.07, 6.45) is -0.962. The average molecular weight is 414 g/mol. The summed E-state index contributed by atoms with van der Waals surface area (Å²) in [6, 6.07) is 0. The minimum absolute atomic E-state index is 0.0741. The van der Waals surface area contributed by atoms with Crippen molar-refractivity contribution in [3.8, 4) is 0 Å². The molecule has 0 aromatic heterocycles. The predicted molar refractivity (Wildman–Crippen MR) is 101 cm³/mol. The number of carbonyl (C=O) groups is 4. The number of esters is 4. The van der Waals surface area contributed by atoms with Crippen molar-refractivity contribution in [2.45, 2.75) is 77.8 Å². The van der Waals surface area contributed by atoms with Gasteiger partial charge in [0.15, 0.2) is 6.10 Å². The Balaban J connectivity index is 2.83. The summed E-state index contributed by atoms with van der Waals surface area (Å²) < 4.78 is 26.7. The highest BCUT2D eigenvalue weighted by Crippen LogP contribution is 2.30. The van der Waals surface area contributed by atoms with Crippen molar-refractivity contribution in [3.05, 3.63) is 12.2 Å². The zero-order chi connectivity index (χ0) is 22.0. The van der Waals surface area contributed by atoms with E-state index in [-0.39, 0.29) is 31.7 Å². The van der Waals surface area contributed by atoms with E-state index in [1.165, 1.54) is 27.7 Å². The fourth-order valence-corrected chi connectivity index (χ4v) is 3.13. The standard InChI is InChI=1S/C20H30O9/c1-12(6-8-25-13(2)21)10-17-11-19(27-15(4)23)20(28-16(5)24)18(29-17)7-9-26-14(3)22/h17-20H,1,6-11H2,2-5H3/t17-,18-,19-,20-/m1/s1. The molecule has 0 aromatic carbocycles. The first-order valence-electron chi connectivity index (χ1n) is 9.51. The van der Waals surface area contributed by atoms with Crippen LogP contribution in [0.5, 0.6) is 0 Å². The van der Waals surface area contributed by atoms with Gasteiger partial charge in [-0.15, -0.1) is 0 Å². The molecule has 29 heavy (non-hydrogen) atoms. The summed E-state index contributed by atoms with van der Waals surface area (Å²) >= 11 is 0. The van der Waals surface area contributed by atoms with E-state index in [4.69, 9.17) is 23.7 Å². The summed E-state index contributed by atoms with van der Waals surface area (Å²) in [5, 5.41) is 0. The molecule has 0 bridgehead atoms. The normalized spacial score (nSPS) is 23.6. The molecule has 0 unspecified atom stereocenters. The van der Waals surface area contributed by atoms with Gasteiger partial charge in [-0.05, 0) is 6.42 Å². The van der Waals surface area contributed by atoms with Crippen LogP contribution in [0.3, 0.4) is 0 Å². The van der Waals surface area contributed by atoms with E-state index in [1.807, 2.05) is 0 Å². The second-order valence-corrected chi connectivity index (χ2v) is 6.93. The van der Waals surface area contributed by atoms with Crippen LogP contribution < -0.4 is 0 Å². The molecule has 0 radical (unpaired) electrons. The Labute approximate surface area is 170 Å². The lowest BCUT2D eigenvalue weighted by Crippen LogP contribution is -2.52. The topological polar surface area (TPSA) is 114 Å². The lowest BCUT2D eigenvalue weighted by Gasteiger charge is -2.40. The summed E-state index contributed by atoms with van der Waals surface area (Å²) in [6.45, 7) is 9.44. The molecule has 164 valence electrons. The van der Waals surface area contributed by atoms with Gasteiger partial charge in [-0.3, -0.25) is 19.2 Å². The largest absolute Gasteiger partial charge is 0.466 e. The van der Waals surface area contributed by atoms with Crippen molar-refractivity contribution >= 4 is 23.9 Å². The van der Waals surface area contributed by atoms with Gasteiger partial charge in [0.25, 0.3) is 0 Å². The van der Waals surface area contributed by atoms with E-state index < -0.39 is 36.2 Å². The lowest BCUT2D eigenvalue weighted by atomic mass is 9.92. The number of carbonyl (C=O) groups excluding carboxylic acids is 4. The maximum Gasteiger partial charge on any atom is 0.303 e. The Bertz CT molecular complexity index is 613. The lowest BCUT2D eigenvalue weighted by molar-refractivity contribution is -0.209. The molecule has 0 aromatic rings. The van der Waals surface area contributed by atoms with Gasteiger partial charge in [0.2, 0.25) is 0 Å². The highest BCUT2D eigenvalue weighted by Gasteiger charge is 2.42. The van der Waals surface area contributed by atoms with E-state index in [0.29, 0.717) is 19.3 Å². The fourth-order valence-electron chi connectivity index (χ4n) is 3.13. The SMILES string of the molecule is C=C(CCOC(C)=O)C[C@@H]1C[C@@H](OC(C)=O)[C@H](OC(C)=O)[C@@H](CCOC(C)=O)O1. The summed E-state index contributed by atoms with van der Waals surface area (Å²) in [4.78, 5) is 45.0. The van der Waals surface area contributed by atoms with E-state index in [2.05, 4.69) is 6.58 Å². The molecule has 9 nitrogen and oxygen atoms in total. The molecule has 9 heteroatoms. The first-order chi connectivity index (χ1) is 13.6. The first-order valence-corrected chi connectivity index (χ1v) is 9.51. The van der Waals surface area contributed by atoms with Gasteiger partial charge in [-0.1, -0.05) is 12.2 Å². The van der Waals surface area contributed by atoms with Gasteiger partial charge in [0.1, 0.15) is 12.2 Å². The summed E-state index contributed by atoms with van der Waals surface area (Å²) in [5.41, 5.74) is 0.808. The van der Waals surface area contributed by atoms with Crippen LogP contribution in [-0.2, 0) is 42.9 Å². The molecule has 1 aliphatic heterocycles. The molecular formula is C20H30O9. The second kappa shape index (κ2) is 12.2. The maximum atomic E-state index is 11.5. The molecule has 1 heterocycles. The minimum atomic E-state index is -0.808.